The van der Waals surface area contributed by atoms with Gasteiger partial charge in [-0.15, -0.1) is 24.0 Å². The number of ether oxygens (including phenoxy) is 1. The minimum absolute atomic E-state index is 0. The number of hydrogen-bond acceptors (Lipinski definition) is 4. The Morgan fingerprint density at radius 3 is 1.55 bits per heavy atom. The van der Waals surface area contributed by atoms with Gasteiger partial charge in [0.1, 0.15) is 15.9 Å². The fourth-order valence-electron chi connectivity index (χ4n) is 5.15. The van der Waals surface area contributed by atoms with Crippen molar-refractivity contribution in [3.05, 3.63) is 133 Å². The lowest BCUT2D eigenvalue weighted by Crippen LogP contribution is -2.44. The Labute approximate surface area is 242 Å². The summed E-state index contributed by atoms with van der Waals surface area (Å²) in [7, 11) is -2.38. The molecule has 2 heterocycles. The van der Waals surface area contributed by atoms with Crippen LogP contribution in [-0.4, -0.2) is 31.3 Å². The number of halogens is 1. The molecule has 1 fully saturated rings. The summed E-state index contributed by atoms with van der Waals surface area (Å²) < 4.78 is 12.4. The summed E-state index contributed by atoms with van der Waals surface area (Å²) in [6, 6.07) is 43.0. The van der Waals surface area contributed by atoms with Crippen LogP contribution in [-0.2, 0) is 11.2 Å². The molecule has 4 nitrogen and oxygen atoms in total. The fraction of sp³-hybridized carbons (Fsp3) is 0.156. The first-order chi connectivity index (χ1) is 18.4. The summed E-state index contributed by atoms with van der Waals surface area (Å²) in [5, 5.41) is 3.80. The number of hydrogen-bond donors (Lipinski definition) is 0. The van der Waals surface area contributed by atoms with Crippen LogP contribution in [0, 0.1) is 0 Å². The molecular weight excluding hydrogens is 602 g/mol. The van der Waals surface area contributed by atoms with Crippen LogP contribution in [0.3, 0.4) is 0 Å². The molecule has 0 atom stereocenters. The van der Waals surface area contributed by atoms with Crippen LogP contribution in [0.15, 0.2) is 126 Å². The van der Waals surface area contributed by atoms with E-state index < -0.39 is 7.26 Å². The Kier molecular flexibility index (Phi) is 8.58. The second kappa shape index (κ2) is 12.2. The van der Waals surface area contributed by atoms with Gasteiger partial charge in [-0.25, -0.2) is 0 Å². The molecule has 0 amide bonds. The molecule has 0 bridgehead atoms. The van der Waals surface area contributed by atoms with Gasteiger partial charge in [-0.05, 0) is 42.0 Å². The van der Waals surface area contributed by atoms with Crippen LogP contribution >= 0.6 is 31.2 Å². The first kappa shape index (κ1) is 26.6. The first-order valence-electron chi connectivity index (χ1n) is 12.8. The zero-order valence-electron chi connectivity index (χ0n) is 21.1. The number of aromatic nitrogens is 1. The summed E-state index contributed by atoms with van der Waals surface area (Å²) in [4.78, 5) is 7.71. The van der Waals surface area contributed by atoms with Crippen LogP contribution < -0.4 is 26.2 Å². The monoisotopic (exact) mass is 633 g/mol. The Bertz CT molecular complexity index is 1330. The standard InChI is InChI=1S/C32H30N2O2P.HI/c1-5-13-26(14-6-1)25-30-33-31(32(36-30)34-21-23-35-24-22-34)37(27-15-7-2-8-16-27,28-17-9-3-10-18-28)29-19-11-4-12-20-29;/h1-20H,21-25H2;1H/q+1;. The van der Waals surface area contributed by atoms with Gasteiger partial charge in [0.2, 0.25) is 5.89 Å². The van der Waals surface area contributed by atoms with E-state index in [1.54, 1.807) is 0 Å². The molecule has 0 spiro atoms. The average Bonchev–Trinajstić information content (AvgIpc) is 3.40. The van der Waals surface area contributed by atoms with Gasteiger partial charge in [0.25, 0.3) is 11.3 Å². The van der Waals surface area contributed by atoms with Crippen molar-refractivity contribution in [2.24, 2.45) is 0 Å². The van der Waals surface area contributed by atoms with Gasteiger partial charge in [0.05, 0.1) is 13.2 Å². The van der Waals surface area contributed by atoms with Gasteiger partial charge in [0.15, 0.2) is 7.26 Å². The fourth-order valence-corrected chi connectivity index (χ4v) is 9.37. The summed E-state index contributed by atoms with van der Waals surface area (Å²) in [5.74, 6) is 1.62. The molecule has 1 aliphatic rings. The number of nitrogens with zero attached hydrogens (tertiary/aromatic N) is 2. The molecular formula is C32H31IN2O2P+. The van der Waals surface area contributed by atoms with Crippen molar-refractivity contribution in [3.63, 3.8) is 0 Å². The zero-order valence-corrected chi connectivity index (χ0v) is 24.4. The maximum absolute atomic E-state index is 6.72. The number of benzene rings is 4. The lowest BCUT2D eigenvalue weighted by molar-refractivity contribution is 0.120. The van der Waals surface area contributed by atoms with Crippen molar-refractivity contribution in [1.82, 2.24) is 4.98 Å². The number of rotatable bonds is 7. The second-order valence-electron chi connectivity index (χ2n) is 9.18. The third-order valence-electron chi connectivity index (χ3n) is 6.88. The SMILES string of the molecule is I.c1ccc(Cc2nc([P+](c3ccccc3)(c3ccccc3)c3ccccc3)c(N3CCOCC3)o2)cc1. The maximum atomic E-state index is 6.72. The van der Waals surface area contributed by atoms with Crippen molar-refractivity contribution in [1.29, 1.82) is 0 Å². The van der Waals surface area contributed by atoms with Crippen molar-refractivity contribution in [3.8, 4) is 0 Å². The maximum Gasteiger partial charge on any atom is 0.261 e. The van der Waals surface area contributed by atoms with Crippen molar-refractivity contribution >= 4 is 58.5 Å². The molecule has 38 heavy (non-hydrogen) atoms. The van der Waals surface area contributed by atoms with Crippen LogP contribution in [0.25, 0.3) is 0 Å². The Hall–Kier alpha value is -2.99. The minimum atomic E-state index is -2.38. The van der Waals surface area contributed by atoms with Crippen LogP contribution in [0.5, 0.6) is 0 Å². The quantitative estimate of drug-likeness (QED) is 0.179. The van der Waals surface area contributed by atoms with E-state index in [0.29, 0.717) is 19.6 Å². The Morgan fingerprint density at radius 1 is 0.632 bits per heavy atom. The van der Waals surface area contributed by atoms with Crippen LogP contribution in [0.4, 0.5) is 5.88 Å². The molecule has 6 rings (SSSR count). The highest BCUT2D eigenvalue weighted by Gasteiger charge is 2.53. The highest BCUT2D eigenvalue weighted by atomic mass is 127. The molecule has 6 heteroatoms. The molecule has 4 aromatic carbocycles. The highest BCUT2D eigenvalue weighted by Crippen LogP contribution is 2.56. The number of oxazole rings is 1. The Balaban J connectivity index is 0.00000294. The van der Waals surface area contributed by atoms with Gasteiger partial charge in [-0.3, -0.25) is 0 Å². The van der Waals surface area contributed by atoms with E-state index in [4.69, 9.17) is 14.1 Å². The minimum Gasteiger partial charge on any atom is -0.420 e. The van der Waals surface area contributed by atoms with Crippen LogP contribution in [0.2, 0.25) is 0 Å². The predicted molar refractivity (Wildman–Crippen MR) is 169 cm³/mol. The van der Waals surface area contributed by atoms with E-state index in [-0.39, 0.29) is 24.0 Å². The summed E-state index contributed by atoms with van der Waals surface area (Å²) in [6.07, 6.45) is 0.649. The summed E-state index contributed by atoms with van der Waals surface area (Å²) in [6.45, 7) is 2.93. The summed E-state index contributed by atoms with van der Waals surface area (Å²) >= 11 is 0. The van der Waals surface area contributed by atoms with E-state index in [1.807, 2.05) is 6.07 Å². The van der Waals surface area contributed by atoms with Gasteiger partial charge in [-0.2, -0.15) is 4.98 Å². The van der Waals surface area contributed by atoms with E-state index in [1.165, 1.54) is 21.5 Å². The van der Waals surface area contributed by atoms with Gasteiger partial charge < -0.3 is 14.1 Å². The zero-order chi connectivity index (χ0) is 24.9. The summed E-state index contributed by atoms with van der Waals surface area (Å²) in [5.41, 5.74) is 2.22. The molecule has 0 unspecified atom stereocenters. The van der Waals surface area contributed by atoms with Gasteiger partial charge in [0, 0.05) is 19.5 Å². The first-order valence-corrected chi connectivity index (χ1v) is 14.6. The molecule has 192 valence electrons. The van der Waals surface area contributed by atoms with Crippen LogP contribution in [0.1, 0.15) is 11.5 Å². The number of anilines is 1. The van der Waals surface area contributed by atoms with Crippen molar-refractivity contribution in [2.75, 3.05) is 31.2 Å². The van der Waals surface area contributed by atoms with E-state index in [0.717, 1.165) is 30.3 Å². The Morgan fingerprint density at radius 2 is 1.08 bits per heavy atom. The van der Waals surface area contributed by atoms with E-state index in [2.05, 4.69) is 120 Å². The smallest absolute Gasteiger partial charge is 0.261 e. The topological polar surface area (TPSA) is 38.5 Å². The molecule has 0 saturated carbocycles. The average molecular weight is 633 g/mol. The second-order valence-corrected chi connectivity index (χ2v) is 12.5. The van der Waals surface area contributed by atoms with Gasteiger partial charge >= 0.3 is 0 Å². The molecule has 1 aromatic heterocycles. The lowest BCUT2D eigenvalue weighted by atomic mass is 10.2. The van der Waals surface area contributed by atoms with Crippen molar-refractivity contribution < 1.29 is 9.15 Å². The third-order valence-corrected chi connectivity index (χ3v) is 11.0. The lowest BCUT2D eigenvalue weighted by Gasteiger charge is -2.30. The normalized spacial score (nSPS) is 13.6. The van der Waals surface area contributed by atoms with E-state index >= 15 is 0 Å². The van der Waals surface area contributed by atoms with E-state index in [9.17, 15) is 0 Å². The highest BCUT2D eigenvalue weighted by molar-refractivity contribution is 14.0. The third kappa shape index (κ3) is 5.15. The molecule has 0 N–H and O–H groups in total. The molecule has 5 aromatic rings. The largest absolute Gasteiger partial charge is 0.420 e. The molecule has 0 radical (unpaired) electrons. The number of morpholine rings is 1. The van der Waals surface area contributed by atoms with Gasteiger partial charge in [-0.1, -0.05) is 84.9 Å². The van der Waals surface area contributed by atoms with Crippen molar-refractivity contribution in [2.45, 2.75) is 6.42 Å². The molecule has 1 aliphatic heterocycles. The predicted octanol–water partition coefficient (Wildman–Crippen LogP) is 5.34. The molecule has 0 aliphatic carbocycles. The molecule has 1 saturated heterocycles.